The Balaban J connectivity index is 2.07. The Morgan fingerprint density at radius 1 is 1.47 bits per heavy atom. The van der Waals surface area contributed by atoms with E-state index in [0.29, 0.717) is 18.7 Å². The van der Waals surface area contributed by atoms with Crippen molar-refractivity contribution in [1.82, 2.24) is 10.3 Å². The van der Waals surface area contributed by atoms with Crippen LogP contribution in [0.4, 0.5) is 5.82 Å². The number of nitrogens with zero attached hydrogens (tertiary/aromatic N) is 1. The van der Waals surface area contributed by atoms with Gasteiger partial charge in [0, 0.05) is 13.3 Å². The van der Waals surface area contributed by atoms with Crippen LogP contribution >= 0.6 is 0 Å². The number of carbonyl (C=O) groups is 1. The third kappa shape index (κ3) is 2.62. The highest BCUT2D eigenvalue weighted by Gasteiger charge is 2.39. The van der Waals surface area contributed by atoms with Crippen molar-refractivity contribution < 1.29 is 9.53 Å². The van der Waals surface area contributed by atoms with E-state index in [9.17, 15) is 4.79 Å². The van der Waals surface area contributed by atoms with Crippen molar-refractivity contribution in [3.05, 3.63) is 24.4 Å². The van der Waals surface area contributed by atoms with Crippen molar-refractivity contribution in [1.29, 1.82) is 0 Å². The Morgan fingerprint density at radius 3 is 2.82 bits per heavy atom. The van der Waals surface area contributed by atoms with Crippen molar-refractivity contribution in [2.24, 2.45) is 0 Å². The van der Waals surface area contributed by atoms with Gasteiger partial charge in [0.05, 0.1) is 0 Å². The third-order valence-corrected chi connectivity index (χ3v) is 3.12. The van der Waals surface area contributed by atoms with E-state index >= 15 is 0 Å². The van der Waals surface area contributed by atoms with Gasteiger partial charge >= 0.3 is 0 Å². The molecule has 1 amide bonds. The number of ether oxygens (including phenoxy) is 1. The van der Waals surface area contributed by atoms with Crippen molar-refractivity contribution in [3.8, 4) is 0 Å². The molecular weight excluding hydrogens is 218 g/mol. The lowest BCUT2D eigenvalue weighted by atomic mass is 9.91. The summed E-state index contributed by atoms with van der Waals surface area (Å²) in [5, 5.41) is 6.02. The van der Waals surface area contributed by atoms with Gasteiger partial charge in [-0.25, -0.2) is 4.98 Å². The fourth-order valence-electron chi connectivity index (χ4n) is 2.02. The summed E-state index contributed by atoms with van der Waals surface area (Å²) in [6.45, 7) is 1.59. The number of piperidine rings is 1. The van der Waals surface area contributed by atoms with E-state index in [2.05, 4.69) is 15.6 Å². The summed E-state index contributed by atoms with van der Waals surface area (Å²) in [4.78, 5) is 16.3. The molecule has 1 aliphatic rings. The van der Waals surface area contributed by atoms with E-state index in [1.807, 2.05) is 12.1 Å². The highest BCUT2D eigenvalue weighted by atomic mass is 16.5. The van der Waals surface area contributed by atoms with Crippen LogP contribution in [0.25, 0.3) is 0 Å². The second kappa shape index (κ2) is 5.25. The van der Waals surface area contributed by atoms with Crippen LogP contribution < -0.4 is 10.6 Å². The van der Waals surface area contributed by atoms with Crippen LogP contribution in [-0.2, 0) is 9.53 Å². The number of amides is 1. The number of hydrogen-bond acceptors (Lipinski definition) is 4. The van der Waals surface area contributed by atoms with Crippen molar-refractivity contribution in [3.63, 3.8) is 0 Å². The zero-order valence-corrected chi connectivity index (χ0v) is 9.90. The van der Waals surface area contributed by atoms with E-state index in [4.69, 9.17) is 4.74 Å². The molecule has 0 saturated carbocycles. The molecule has 1 aliphatic heterocycles. The lowest BCUT2D eigenvalue weighted by Gasteiger charge is -2.34. The van der Waals surface area contributed by atoms with E-state index in [1.165, 1.54) is 0 Å². The second-order valence-corrected chi connectivity index (χ2v) is 4.12. The standard InChI is InChI=1S/C12H17N3O2/c1-17-12(5-8-13-9-6-12)11(16)15-10-4-2-3-7-14-10/h2-4,7,13H,5-6,8-9H2,1H3,(H,14,15,16). The van der Waals surface area contributed by atoms with Gasteiger partial charge in [-0.15, -0.1) is 0 Å². The number of methoxy groups -OCH3 is 1. The van der Waals surface area contributed by atoms with E-state index in [0.717, 1.165) is 13.1 Å². The molecule has 1 aromatic rings. The number of pyridine rings is 1. The Bertz CT molecular complexity index is 375. The third-order valence-electron chi connectivity index (χ3n) is 3.12. The molecule has 2 N–H and O–H groups in total. The van der Waals surface area contributed by atoms with Crippen LogP contribution in [-0.4, -0.2) is 36.7 Å². The first-order valence-electron chi connectivity index (χ1n) is 5.75. The van der Waals surface area contributed by atoms with E-state index < -0.39 is 5.60 Å². The molecule has 0 aliphatic carbocycles. The number of hydrogen-bond donors (Lipinski definition) is 2. The summed E-state index contributed by atoms with van der Waals surface area (Å²) in [6.07, 6.45) is 3.02. The smallest absolute Gasteiger partial charge is 0.257 e. The van der Waals surface area contributed by atoms with Crippen molar-refractivity contribution >= 4 is 11.7 Å². The summed E-state index contributed by atoms with van der Waals surface area (Å²) in [5.74, 6) is 0.452. The first-order chi connectivity index (χ1) is 8.27. The molecule has 1 saturated heterocycles. The van der Waals surface area contributed by atoms with Crippen LogP contribution in [0.5, 0.6) is 0 Å². The van der Waals surface area contributed by atoms with Crippen LogP contribution in [0.15, 0.2) is 24.4 Å². The summed E-state index contributed by atoms with van der Waals surface area (Å²) in [5.41, 5.74) is -0.719. The first kappa shape index (κ1) is 12.0. The predicted octanol–water partition coefficient (Wildman–Crippen LogP) is 0.789. The average Bonchev–Trinajstić information content (AvgIpc) is 2.40. The Hall–Kier alpha value is -1.46. The molecule has 0 spiro atoms. The van der Waals surface area contributed by atoms with Crippen molar-refractivity contribution in [2.75, 3.05) is 25.5 Å². The largest absolute Gasteiger partial charge is 0.368 e. The van der Waals surface area contributed by atoms with E-state index in [-0.39, 0.29) is 5.91 Å². The zero-order chi connectivity index (χ0) is 12.1. The summed E-state index contributed by atoms with van der Waals surface area (Å²) in [7, 11) is 1.59. The van der Waals surface area contributed by atoms with Gasteiger partial charge in [0.25, 0.3) is 5.91 Å². The monoisotopic (exact) mass is 235 g/mol. The number of carbonyl (C=O) groups excluding carboxylic acids is 1. The minimum atomic E-state index is -0.719. The Labute approximate surface area is 101 Å². The van der Waals surface area contributed by atoms with Gasteiger partial charge in [0.15, 0.2) is 0 Å². The Kier molecular flexibility index (Phi) is 3.71. The van der Waals surface area contributed by atoms with Crippen LogP contribution in [0.3, 0.4) is 0 Å². The molecular formula is C12H17N3O2. The topological polar surface area (TPSA) is 63.2 Å². The lowest BCUT2D eigenvalue weighted by molar-refractivity contribution is -0.140. The van der Waals surface area contributed by atoms with Gasteiger partial charge in [0.2, 0.25) is 0 Å². The minimum absolute atomic E-state index is 0.111. The number of rotatable bonds is 3. The molecule has 2 heterocycles. The molecule has 0 unspecified atom stereocenters. The fraction of sp³-hybridized carbons (Fsp3) is 0.500. The van der Waals surface area contributed by atoms with Crippen LogP contribution in [0, 0.1) is 0 Å². The zero-order valence-electron chi connectivity index (χ0n) is 9.90. The minimum Gasteiger partial charge on any atom is -0.368 e. The Morgan fingerprint density at radius 2 is 2.24 bits per heavy atom. The molecule has 0 radical (unpaired) electrons. The van der Waals surface area contributed by atoms with Crippen molar-refractivity contribution in [2.45, 2.75) is 18.4 Å². The maximum atomic E-state index is 12.2. The molecule has 0 atom stereocenters. The average molecular weight is 235 g/mol. The molecule has 92 valence electrons. The molecule has 1 fully saturated rings. The summed E-state index contributed by atoms with van der Waals surface area (Å²) < 4.78 is 5.43. The maximum absolute atomic E-state index is 12.2. The molecule has 2 rings (SSSR count). The second-order valence-electron chi connectivity index (χ2n) is 4.12. The highest BCUT2D eigenvalue weighted by molar-refractivity contribution is 5.96. The quantitative estimate of drug-likeness (QED) is 0.813. The van der Waals surface area contributed by atoms with Gasteiger partial charge in [0.1, 0.15) is 11.4 Å². The fourth-order valence-corrected chi connectivity index (χ4v) is 2.02. The SMILES string of the molecule is COC1(C(=O)Nc2ccccn2)CCNCC1. The first-order valence-corrected chi connectivity index (χ1v) is 5.75. The van der Waals surface area contributed by atoms with Crippen LogP contribution in [0.2, 0.25) is 0 Å². The molecule has 17 heavy (non-hydrogen) atoms. The molecule has 1 aromatic heterocycles. The number of aromatic nitrogens is 1. The van der Waals surface area contributed by atoms with E-state index in [1.54, 1.807) is 19.4 Å². The van der Waals surface area contributed by atoms with Gasteiger partial charge in [-0.2, -0.15) is 0 Å². The maximum Gasteiger partial charge on any atom is 0.257 e. The molecule has 0 bridgehead atoms. The summed E-state index contributed by atoms with van der Waals surface area (Å²) >= 11 is 0. The molecule has 5 heteroatoms. The molecule has 5 nitrogen and oxygen atoms in total. The predicted molar refractivity (Wildman–Crippen MR) is 64.7 cm³/mol. The van der Waals surface area contributed by atoms with Gasteiger partial charge in [-0.3, -0.25) is 4.79 Å². The lowest BCUT2D eigenvalue weighted by Crippen LogP contribution is -2.51. The summed E-state index contributed by atoms with van der Waals surface area (Å²) in [6, 6.07) is 5.42. The number of nitrogens with one attached hydrogen (secondary N) is 2. The van der Waals surface area contributed by atoms with Gasteiger partial charge < -0.3 is 15.4 Å². The normalized spacial score (nSPS) is 18.6. The van der Waals surface area contributed by atoms with Gasteiger partial charge in [-0.1, -0.05) is 6.07 Å². The molecule has 0 aromatic carbocycles. The number of anilines is 1. The van der Waals surface area contributed by atoms with Crippen LogP contribution in [0.1, 0.15) is 12.8 Å². The highest BCUT2D eigenvalue weighted by Crippen LogP contribution is 2.23. The van der Waals surface area contributed by atoms with Gasteiger partial charge in [-0.05, 0) is 38.1 Å².